The SMILES string of the molecule is CC(=O)N[C@@H]1[C@H](O[C@@H]2[C@@H](O[C@@H]3[C@H](O)[C@H](O[C@H]4[C@H](O)[C@@H](NC(C)=O)[C@H](O[C@H]5[C@H](O)[C@@H](NC(C)=O)[C@H](O)O[C@@H]5CO)O[C@@H]4CO)O[C@H](CO[C@H]4O[C@H](CO[C@@H]5O[C@H](CO)[C@@H](O)[C@H](O)[C@H]5NC(C)=O)[C@@H](O)[C@H](O)[C@@H]4O[C@@H]4O[C@H](CO)[C@@H](O[C@@H]5O[C@H](CO)[C@H](O)[C@H](O)[C@H]5O)[C@H](O)[C@H]4NC(C)=O)[C@H]3O)O[C@H](CO)[C@@H](O)[C@@H]2O)O[C@H](CO)[C@@H](O[C@@H]2O[C@H](CO)[C@H](O)[C@H](O)[C@H]2O)[C@@H]1O. The summed E-state index contributed by atoms with van der Waals surface area (Å²) in [7, 11) is 0. The van der Waals surface area contributed by atoms with Crippen molar-refractivity contribution in [2.75, 3.05) is 66.1 Å². The maximum absolute atomic E-state index is 13.1. The zero-order chi connectivity index (χ0) is 92.8. The molecule has 32 N–H and O–H groups in total. The maximum atomic E-state index is 13.1. The lowest BCUT2D eigenvalue weighted by molar-refractivity contribution is -0.399. The summed E-state index contributed by atoms with van der Waals surface area (Å²) in [4.78, 5) is 64.0. The van der Waals surface area contributed by atoms with Gasteiger partial charge in [0.25, 0.3) is 0 Å². The third-order valence-corrected chi connectivity index (χ3v) is 22.9. The minimum atomic E-state index is -2.66. The highest BCUT2D eigenvalue weighted by Crippen LogP contribution is 2.41. The summed E-state index contributed by atoms with van der Waals surface area (Å²) in [6.07, 6.45) is -95.6. The summed E-state index contributed by atoms with van der Waals surface area (Å²) in [6, 6.07) is -9.36. The third-order valence-electron chi connectivity index (χ3n) is 22.9. The predicted molar refractivity (Wildman–Crippen MR) is 388 cm³/mol. The molecule has 50 atom stereocenters. The summed E-state index contributed by atoms with van der Waals surface area (Å²) in [5.74, 6) is -4.60. The highest BCUT2D eigenvalue weighted by atomic mass is 16.8. The Morgan fingerprint density at radius 1 is 0.206 bits per heavy atom. The molecule has 5 amide bonds. The fourth-order valence-corrected chi connectivity index (χ4v) is 16.2. The Kier molecular flexibility index (Phi) is 37.4. The lowest BCUT2D eigenvalue weighted by atomic mass is 9.93. The van der Waals surface area contributed by atoms with Crippen LogP contribution in [0.1, 0.15) is 34.6 Å². The number of carbonyl (C=O) groups excluding carboxylic acids is 5. The van der Waals surface area contributed by atoms with E-state index in [0.29, 0.717) is 0 Å². The minimum Gasteiger partial charge on any atom is -0.394 e. The largest absolute Gasteiger partial charge is 0.394 e. The molecule has 0 unspecified atom stereocenters. The van der Waals surface area contributed by atoms with E-state index >= 15 is 0 Å². The molecule has 10 aliphatic rings. The first-order valence-electron chi connectivity index (χ1n) is 40.1. The summed E-state index contributed by atoms with van der Waals surface area (Å²) in [6.45, 7) is -6.43. The predicted octanol–water partition coefficient (Wildman–Crippen LogP) is -22.1. The fraction of sp³-hybridized carbons (Fsp3) is 0.929. The van der Waals surface area contributed by atoms with Crippen molar-refractivity contribution in [1.82, 2.24) is 26.6 Å². The second-order valence-electron chi connectivity index (χ2n) is 31.7. The van der Waals surface area contributed by atoms with Crippen molar-refractivity contribution < 1.29 is 252 Å². The van der Waals surface area contributed by atoms with Crippen molar-refractivity contribution in [3.05, 3.63) is 0 Å². The van der Waals surface area contributed by atoms with Crippen LogP contribution in [-0.2, 0) is 114 Å². The van der Waals surface area contributed by atoms with Crippen LogP contribution in [0.2, 0.25) is 0 Å². The van der Waals surface area contributed by atoms with Gasteiger partial charge in [0.1, 0.15) is 244 Å². The number of nitrogens with one attached hydrogen (secondary N) is 5. The summed E-state index contributed by atoms with van der Waals surface area (Å²) < 4.78 is 114. The normalized spacial score (nSPS) is 48.4. The van der Waals surface area contributed by atoms with Crippen molar-refractivity contribution in [2.24, 2.45) is 0 Å². The smallest absolute Gasteiger partial charge is 0.217 e. The van der Waals surface area contributed by atoms with Crippen molar-refractivity contribution in [3.63, 3.8) is 0 Å². The molecule has 10 rings (SSSR count). The lowest BCUT2D eigenvalue weighted by Gasteiger charge is -2.51. The molecular formula is C70H117N5O51. The fourth-order valence-electron chi connectivity index (χ4n) is 16.2. The van der Waals surface area contributed by atoms with E-state index in [9.17, 15) is 162 Å². The Bertz CT molecular complexity index is 3440. The number of aliphatic hydroxyl groups excluding tert-OH is 27. The molecule has 56 heteroatoms. The van der Waals surface area contributed by atoms with Crippen LogP contribution in [0.5, 0.6) is 0 Å². The van der Waals surface area contributed by atoms with Gasteiger partial charge in [-0.2, -0.15) is 0 Å². The van der Waals surface area contributed by atoms with Crippen LogP contribution in [0, 0.1) is 0 Å². The number of hydrogen-bond donors (Lipinski definition) is 32. The molecule has 10 saturated heterocycles. The van der Waals surface area contributed by atoms with E-state index in [0.717, 1.165) is 34.6 Å². The molecular weight excluding hydrogens is 1730 g/mol. The van der Waals surface area contributed by atoms with Crippen LogP contribution in [0.25, 0.3) is 0 Å². The average Bonchev–Trinajstić information content (AvgIpc) is 0.776. The molecule has 0 aromatic rings. The van der Waals surface area contributed by atoms with Crippen molar-refractivity contribution in [3.8, 4) is 0 Å². The van der Waals surface area contributed by atoms with Gasteiger partial charge in [-0.1, -0.05) is 0 Å². The monoisotopic (exact) mass is 1840 g/mol. The zero-order valence-electron chi connectivity index (χ0n) is 67.8. The van der Waals surface area contributed by atoms with E-state index in [1.807, 2.05) is 0 Å². The molecule has 56 nitrogen and oxygen atoms in total. The summed E-state index contributed by atoms with van der Waals surface area (Å²) in [5, 5.41) is 314. The topological polar surface area (TPSA) is 867 Å². The van der Waals surface area contributed by atoms with Gasteiger partial charge in [0.2, 0.25) is 29.5 Å². The van der Waals surface area contributed by atoms with Gasteiger partial charge < -0.3 is 254 Å². The van der Waals surface area contributed by atoms with Crippen LogP contribution in [0.4, 0.5) is 0 Å². The van der Waals surface area contributed by atoms with Gasteiger partial charge in [-0.25, -0.2) is 0 Å². The Morgan fingerprint density at radius 2 is 0.444 bits per heavy atom. The van der Waals surface area contributed by atoms with E-state index in [-0.39, 0.29) is 0 Å². The third kappa shape index (κ3) is 23.1. The van der Waals surface area contributed by atoms with Crippen molar-refractivity contribution in [2.45, 2.75) is 341 Å². The zero-order valence-corrected chi connectivity index (χ0v) is 67.8. The minimum absolute atomic E-state index is 0.812. The molecule has 10 heterocycles. The van der Waals surface area contributed by atoms with Crippen LogP contribution in [0.3, 0.4) is 0 Å². The molecule has 126 heavy (non-hydrogen) atoms. The van der Waals surface area contributed by atoms with Gasteiger partial charge in [-0.15, -0.1) is 0 Å². The Hall–Kier alpha value is -4.49. The first-order valence-corrected chi connectivity index (χ1v) is 40.1. The molecule has 0 aromatic carbocycles. The molecule has 0 saturated carbocycles. The standard InChI is InChI=1S/C70H117N5O51/c1-16(84)71-31-43(96)54(25(10-80)110-61(31)107)120-63-33(73-18(3)86)44(97)57(28(13-83)115-63)123-68-53(106)58(124-70-60(49(102)39(92)24(9-79)114-70)126-65-35(75-20(5)88)46(99)56(27(12-82)117-65)122-67-52(105)48(101)38(91)23(8-78)113-67)41(94)30(118-68)15-109-69-59(50(103)40(93)29(119-69)14-108-62-32(72-17(2)85)42(95)36(89)21(6-76)111-62)125-64-34(74-19(4)87)45(98)55(26(11-81)116-64)121-66-51(104)47(100)37(90)22(7-77)112-66/h21-70,76-83,89-107H,6-15H2,1-5H3,(H,71,84)(H,72,85)(H,73,86)(H,74,87)(H,75,88)/t21-,22-,23-,24-,25-,26-,27-,28-,29-,30-,31-,32-,33-,34-,35+,36-,37+,38+,39-,40-,41-,42-,43-,44-,45-,46-,47+,48+,49+,50+,51-,52-,53+,54-,55-,56-,57-,58+,59+,60+,61-,62-,63+,64+,65+,66+,67+,68+,69+,70-/m1/s1. The quantitative estimate of drug-likeness (QED) is 0.0290. The lowest BCUT2D eigenvalue weighted by Crippen LogP contribution is -2.71. The van der Waals surface area contributed by atoms with Gasteiger partial charge >= 0.3 is 0 Å². The second kappa shape index (κ2) is 45.5. The first kappa shape index (κ1) is 104. The molecule has 10 aliphatic heterocycles. The molecule has 728 valence electrons. The first-order chi connectivity index (χ1) is 59.6. The summed E-state index contributed by atoms with van der Waals surface area (Å²) >= 11 is 0. The number of amides is 5. The average molecular weight is 1840 g/mol. The molecule has 0 aliphatic carbocycles. The number of carbonyl (C=O) groups is 5. The molecule has 0 bridgehead atoms. The van der Waals surface area contributed by atoms with E-state index in [1.54, 1.807) is 0 Å². The number of aliphatic hydroxyl groups is 27. The van der Waals surface area contributed by atoms with Gasteiger partial charge in [0.15, 0.2) is 62.9 Å². The number of ether oxygens (including phenoxy) is 19. The highest BCUT2D eigenvalue weighted by Gasteiger charge is 2.62. The molecule has 0 aromatic heterocycles. The Labute approximate surface area is 713 Å². The van der Waals surface area contributed by atoms with Gasteiger partial charge in [0.05, 0.1) is 66.1 Å². The number of rotatable bonds is 33. The van der Waals surface area contributed by atoms with E-state index in [2.05, 4.69) is 26.6 Å². The van der Waals surface area contributed by atoms with Crippen molar-refractivity contribution >= 4 is 29.5 Å². The molecule has 0 radical (unpaired) electrons. The van der Waals surface area contributed by atoms with Gasteiger partial charge in [-0.05, 0) is 0 Å². The number of hydrogen-bond acceptors (Lipinski definition) is 51. The van der Waals surface area contributed by atoms with E-state index in [1.165, 1.54) is 0 Å². The highest BCUT2D eigenvalue weighted by molar-refractivity contribution is 5.75. The van der Waals surface area contributed by atoms with Gasteiger partial charge in [-0.3, -0.25) is 24.0 Å². The Morgan fingerprint density at radius 3 is 0.817 bits per heavy atom. The van der Waals surface area contributed by atoms with Crippen LogP contribution < -0.4 is 26.6 Å². The van der Waals surface area contributed by atoms with Crippen LogP contribution in [0.15, 0.2) is 0 Å². The maximum Gasteiger partial charge on any atom is 0.217 e. The molecule has 10 fully saturated rings. The Balaban J connectivity index is 1.03. The summed E-state index contributed by atoms with van der Waals surface area (Å²) in [5.41, 5.74) is 0. The van der Waals surface area contributed by atoms with Crippen molar-refractivity contribution in [1.29, 1.82) is 0 Å². The second-order valence-corrected chi connectivity index (χ2v) is 31.7. The van der Waals surface area contributed by atoms with Crippen LogP contribution in [-0.4, -0.2) is 540 Å². The van der Waals surface area contributed by atoms with E-state index in [4.69, 9.17) is 90.0 Å². The van der Waals surface area contributed by atoms with Crippen LogP contribution >= 0.6 is 0 Å². The molecule has 0 spiro atoms. The van der Waals surface area contributed by atoms with E-state index < -0.39 is 402 Å². The van der Waals surface area contributed by atoms with Gasteiger partial charge in [0, 0.05) is 34.6 Å².